The van der Waals surface area contributed by atoms with Crippen molar-refractivity contribution in [2.45, 2.75) is 36.0 Å². The van der Waals surface area contributed by atoms with Gasteiger partial charge in [0, 0.05) is 18.7 Å². The number of nitrogens with two attached hydrogens (primary N) is 1. The van der Waals surface area contributed by atoms with Gasteiger partial charge < -0.3 is 5.73 Å². The quantitative estimate of drug-likeness (QED) is 0.715. The molecule has 3 rings (SSSR count). The lowest BCUT2D eigenvalue weighted by molar-refractivity contribution is 0.1000. The number of nitrogens with zero attached hydrogens (tertiary/aromatic N) is 1. The highest BCUT2D eigenvalue weighted by Crippen LogP contribution is 2.27. The predicted molar refractivity (Wildman–Crippen MR) is 110 cm³/mol. The Bertz CT molecular complexity index is 1120. The third kappa shape index (κ3) is 4.60. The summed E-state index contributed by atoms with van der Waals surface area (Å²) in [6.45, 7) is 2.60. The minimum Gasteiger partial charge on any atom is -0.366 e. The van der Waals surface area contributed by atoms with E-state index in [4.69, 9.17) is 5.73 Å². The summed E-state index contributed by atoms with van der Waals surface area (Å²) < 4.78 is 55.1. The van der Waals surface area contributed by atoms with Crippen LogP contribution < -0.4 is 10.5 Å². The number of benzene rings is 2. The average Bonchev–Trinajstić information content (AvgIpc) is 2.70. The highest BCUT2D eigenvalue weighted by molar-refractivity contribution is 7.92. The van der Waals surface area contributed by atoms with Gasteiger partial charge in [0.05, 0.1) is 15.5 Å². The van der Waals surface area contributed by atoms with E-state index in [-0.39, 0.29) is 21.0 Å². The summed E-state index contributed by atoms with van der Waals surface area (Å²) in [7, 11) is -7.67. The fourth-order valence-corrected chi connectivity index (χ4v) is 6.02. The number of aryl methyl sites for hydroxylation is 1. The molecule has 1 saturated heterocycles. The monoisotopic (exact) mass is 437 g/mol. The van der Waals surface area contributed by atoms with Gasteiger partial charge in [-0.05, 0) is 61.7 Å². The van der Waals surface area contributed by atoms with Crippen molar-refractivity contribution in [3.8, 4) is 0 Å². The number of nitrogens with one attached hydrogen (secondary N) is 1. The summed E-state index contributed by atoms with van der Waals surface area (Å²) in [6, 6.07) is 9.60. The minimum absolute atomic E-state index is 0.0662. The highest BCUT2D eigenvalue weighted by Gasteiger charge is 2.28. The van der Waals surface area contributed by atoms with E-state index in [1.807, 2.05) is 0 Å². The molecule has 2 aromatic carbocycles. The topological polar surface area (TPSA) is 127 Å². The first-order valence-electron chi connectivity index (χ1n) is 9.15. The molecule has 0 bridgehead atoms. The van der Waals surface area contributed by atoms with E-state index in [0.29, 0.717) is 18.7 Å². The molecule has 156 valence electrons. The van der Waals surface area contributed by atoms with Crippen molar-refractivity contribution < 1.29 is 21.6 Å². The molecule has 1 fully saturated rings. The summed E-state index contributed by atoms with van der Waals surface area (Å²) in [5, 5.41) is 0. The van der Waals surface area contributed by atoms with Crippen LogP contribution in [0, 0.1) is 6.92 Å². The Morgan fingerprint density at radius 2 is 1.59 bits per heavy atom. The van der Waals surface area contributed by atoms with Gasteiger partial charge >= 0.3 is 0 Å². The number of carbonyl (C=O) groups excluding carboxylic acids is 1. The molecule has 2 aromatic rings. The summed E-state index contributed by atoms with van der Waals surface area (Å²) in [5.41, 5.74) is 6.04. The molecular formula is C19H23N3O5S2. The number of sulfonamides is 2. The molecule has 0 atom stereocenters. The highest BCUT2D eigenvalue weighted by atomic mass is 32.2. The SMILES string of the molecule is Cc1ccc(NS(=O)(=O)c2ccc(C(N)=O)cc2)cc1S(=O)(=O)N1CCCCC1. The third-order valence-corrected chi connectivity index (χ3v) is 8.26. The predicted octanol–water partition coefficient (Wildman–Crippen LogP) is 2.07. The molecule has 29 heavy (non-hydrogen) atoms. The molecule has 1 heterocycles. The van der Waals surface area contributed by atoms with Gasteiger partial charge in [-0.15, -0.1) is 0 Å². The molecule has 10 heteroatoms. The van der Waals surface area contributed by atoms with E-state index >= 15 is 0 Å². The number of hydrogen-bond acceptors (Lipinski definition) is 5. The molecule has 0 unspecified atom stereocenters. The Labute approximate surface area is 170 Å². The van der Waals surface area contributed by atoms with Gasteiger partial charge in [0.25, 0.3) is 10.0 Å². The van der Waals surface area contributed by atoms with Crippen molar-refractivity contribution in [2.75, 3.05) is 17.8 Å². The number of anilines is 1. The fourth-order valence-electron chi connectivity index (χ4n) is 3.20. The lowest BCUT2D eigenvalue weighted by Gasteiger charge is -2.26. The number of rotatable bonds is 6. The van der Waals surface area contributed by atoms with Crippen LogP contribution in [-0.4, -0.2) is 40.1 Å². The Kier molecular flexibility index (Phi) is 5.97. The van der Waals surface area contributed by atoms with Crippen LogP contribution in [0.2, 0.25) is 0 Å². The van der Waals surface area contributed by atoms with Crippen molar-refractivity contribution >= 4 is 31.6 Å². The first-order chi connectivity index (χ1) is 13.6. The van der Waals surface area contributed by atoms with Crippen LogP contribution in [0.1, 0.15) is 35.2 Å². The normalized spacial score (nSPS) is 15.8. The van der Waals surface area contributed by atoms with Crippen LogP contribution in [0.5, 0.6) is 0 Å². The molecule has 3 N–H and O–H groups in total. The van der Waals surface area contributed by atoms with Crippen molar-refractivity contribution in [3.05, 3.63) is 53.6 Å². The average molecular weight is 438 g/mol. The summed E-state index contributed by atoms with van der Waals surface area (Å²) in [4.78, 5) is 11.2. The molecule has 8 nitrogen and oxygen atoms in total. The number of primary amides is 1. The van der Waals surface area contributed by atoms with Gasteiger partial charge in [-0.1, -0.05) is 12.5 Å². The number of amides is 1. The summed E-state index contributed by atoms with van der Waals surface area (Å²) in [6.07, 6.45) is 2.62. The lowest BCUT2D eigenvalue weighted by Crippen LogP contribution is -2.36. The van der Waals surface area contributed by atoms with E-state index in [1.165, 1.54) is 40.7 Å². The van der Waals surface area contributed by atoms with Gasteiger partial charge in [-0.2, -0.15) is 4.31 Å². The second kappa shape index (κ2) is 8.13. The smallest absolute Gasteiger partial charge is 0.261 e. The molecule has 0 radical (unpaired) electrons. The maximum atomic E-state index is 13.0. The summed E-state index contributed by atoms with van der Waals surface area (Å²) >= 11 is 0. The second-order valence-electron chi connectivity index (χ2n) is 6.94. The Hall–Kier alpha value is -2.43. The number of carbonyl (C=O) groups is 1. The molecule has 0 spiro atoms. The Morgan fingerprint density at radius 1 is 0.966 bits per heavy atom. The zero-order chi connectivity index (χ0) is 21.2. The maximum Gasteiger partial charge on any atom is 0.261 e. The third-order valence-electron chi connectivity index (χ3n) is 4.82. The minimum atomic E-state index is -3.97. The van der Waals surface area contributed by atoms with Crippen LogP contribution in [-0.2, 0) is 20.0 Å². The van der Waals surface area contributed by atoms with Crippen molar-refractivity contribution in [1.29, 1.82) is 0 Å². The number of hydrogen-bond donors (Lipinski definition) is 2. The van der Waals surface area contributed by atoms with Crippen LogP contribution in [0.3, 0.4) is 0 Å². The first kappa shape index (κ1) is 21.3. The van der Waals surface area contributed by atoms with Crippen LogP contribution in [0.4, 0.5) is 5.69 Å². The first-order valence-corrected chi connectivity index (χ1v) is 12.1. The Morgan fingerprint density at radius 3 is 2.17 bits per heavy atom. The van der Waals surface area contributed by atoms with Gasteiger partial charge in [0.2, 0.25) is 15.9 Å². The van der Waals surface area contributed by atoms with Crippen LogP contribution >= 0.6 is 0 Å². The summed E-state index contributed by atoms with van der Waals surface area (Å²) in [5.74, 6) is -0.659. The van der Waals surface area contributed by atoms with Crippen LogP contribution in [0.25, 0.3) is 0 Å². The standard InChI is InChI=1S/C19H23N3O5S2/c1-14-5-8-16(13-18(14)29(26,27)22-11-3-2-4-12-22)21-28(24,25)17-9-6-15(7-10-17)19(20)23/h5-10,13,21H,2-4,11-12H2,1H3,(H2,20,23). The Balaban J connectivity index is 1.90. The van der Waals surface area contributed by atoms with Gasteiger partial charge in [0.15, 0.2) is 0 Å². The van der Waals surface area contributed by atoms with E-state index < -0.39 is 26.0 Å². The van der Waals surface area contributed by atoms with E-state index in [0.717, 1.165) is 19.3 Å². The zero-order valence-corrected chi connectivity index (χ0v) is 17.6. The zero-order valence-electron chi connectivity index (χ0n) is 16.0. The number of piperidine rings is 1. The van der Waals surface area contributed by atoms with Crippen molar-refractivity contribution in [2.24, 2.45) is 5.73 Å². The van der Waals surface area contributed by atoms with Crippen molar-refractivity contribution in [3.63, 3.8) is 0 Å². The molecule has 1 aliphatic rings. The fraction of sp³-hybridized carbons (Fsp3) is 0.316. The van der Waals surface area contributed by atoms with Gasteiger partial charge in [-0.25, -0.2) is 16.8 Å². The molecular weight excluding hydrogens is 414 g/mol. The molecule has 0 aromatic heterocycles. The molecule has 1 amide bonds. The van der Waals surface area contributed by atoms with E-state index in [1.54, 1.807) is 13.0 Å². The molecule has 1 aliphatic heterocycles. The lowest BCUT2D eigenvalue weighted by atomic mass is 10.2. The van der Waals surface area contributed by atoms with E-state index in [2.05, 4.69) is 4.72 Å². The van der Waals surface area contributed by atoms with E-state index in [9.17, 15) is 21.6 Å². The molecule has 0 aliphatic carbocycles. The largest absolute Gasteiger partial charge is 0.366 e. The second-order valence-corrected chi connectivity index (χ2v) is 10.5. The maximum absolute atomic E-state index is 13.0. The van der Waals surface area contributed by atoms with Gasteiger partial charge in [-0.3, -0.25) is 9.52 Å². The van der Waals surface area contributed by atoms with Gasteiger partial charge in [0.1, 0.15) is 0 Å². The molecule has 0 saturated carbocycles. The van der Waals surface area contributed by atoms with Crippen molar-refractivity contribution in [1.82, 2.24) is 4.31 Å². The van der Waals surface area contributed by atoms with Crippen LogP contribution in [0.15, 0.2) is 52.3 Å².